The maximum absolute atomic E-state index is 11.5. The van der Waals surface area contributed by atoms with E-state index in [9.17, 15) is 4.57 Å². The minimum absolute atomic E-state index is 0.657. The fraction of sp³-hybridized carbons (Fsp3) is 1.00. The van der Waals surface area contributed by atoms with Gasteiger partial charge in [-0.05, 0) is 6.42 Å². The summed E-state index contributed by atoms with van der Waals surface area (Å²) < 4.78 is 18.6. The van der Waals surface area contributed by atoms with Gasteiger partial charge in [0.1, 0.15) is 0 Å². The van der Waals surface area contributed by atoms with E-state index in [1.54, 1.807) is 6.66 Å². The highest BCUT2D eigenvalue weighted by Crippen LogP contribution is 2.48. The quantitative estimate of drug-likeness (QED) is 0.549. The molecule has 1 atom stereocenters. The summed E-state index contributed by atoms with van der Waals surface area (Å²) in [5, 5.41) is 0. The number of hydrogen-bond donors (Lipinski definition) is 0. The standard InChI is InChI=1S/C6H14NO2P/c1-3-7-5-4-6-9-10(7,2)8/h3-6H2,1-2H3. The Balaban J connectivity index is 2.60. The fourth-order valence-corrected chi connectivity index (χ4v) is 2.81. The molecule has 0 spiro atoms. The van der Waals surface area contributed by atoms with E-state index in [2.05, 4.69) is 0 Å². The van der Waals surface area contributed by atoms with Crippen LogP contribution in [0.2, 0.25) is 0 Å². The molecule has 1 aliphatic rings. The lowest BCUT2D eigenvalue weighted by atomic mass is 10.4. The first-order valence-corrected chi connectivity index (χ1v) is 5.67. The molecule has 1 rings (SSSR count). The van der Waals surface area contributed by atoms with Crippen LogP contribution in [0.4, 0.5) is 0 Å². The van der Waals surface area contributed by atoms with Crippen molar-refractivity contribution in [2.75, 3.05) is 26.4 Å². The highest BCUT2D eigenvalue weighted by atomic mass is 31.2. The Morgan fingerprint density at radius 2 is 2.40 bits per heavy atom. The van der Waals surface area contributed by atoms with Crippen molar-refractivity contribution in [2.24, 2.45) is 0 Å². The average Bonchev–Trinajstić information content (AvgIpc) is 1.87. The van der Waals surface area contributed by atoms with Crippen LogP contribution >= 0.6 is 7.52 Å². The molecule has 1 aliphatic heterocycles. The van der Waals surface area contributed by atoms with Crippen molar-refractivity contribution in [2.45, 2.75) is 13.3 Å². The Kier molecular flexibility index (Phi) is 2.50. The van der Waals surface area contributed by atoms with Crippen molar-refractivity contribution in [3.63, 3.8) is 0 Å². The van der Waals surface area contributed by atoms with Crippen LogP contribution in [-0.2, 0) is 9.09 Å². The molecule has 1 saturated heterocycles. The second kappa shape index (κ2) is 3.04. The van der Waals surface area contributed by atoms with Gasteiger partial charge in [-0.25, -0.2) is 4.67 Å². The molecule has 0 amide bonds. The minimum Gasteiger partial charge on any atom is -0.318 e. The second-order valence-electron chi connectivity index (χ2n) is 2.54. The van der Waals surface area contributed by atoms with E-state index in [-0.39, 0.29) is 0 Å². The zero-order valence-corrected chi connectivity index (χ0v) is 7.43. The minimum atomic E-state index is -2.36. The summed E-state index contributed by atoms with van der Waals surface area (Å²) in [6, 6.07) is 0. The van der Waals surface area contributed by atoms with E-state index in [0.29, 0.717) is 6.61 Å². The van der Waals surface area contributed by atoms with Gasteiger partial charge >= 0.3 is 0 Å². The summed E-state index contributed by atoms with van der Waals surface area (Å²) in [7, 11) is -2.36. The van der Waals surface area contributed by atoms with Crippen molar-refractivity contribution in [1.29, 1.82) is 0 Å². The van der Waals surface area contributed by atoms with Crippen LogP contribution in [0.15, 0.2) is 0 Å². The zero-order valence-electron chi connectivity index (χ0n) is 6.54. The predicted molar refractivity (Wildman–Crippen MR) is 41.3 cm³/mol. The molecule has 1 fully saturated rings. The van der Waals surface area contributed by atoms with Gasteiger partial charge < -0.3 is 4.52 Å². The van der Waals surface area contributed by atoms with Gasteiger partial charge in [-0.3, -0.25) is 4.57 Å². The molecule has 1 heterocycles. The third-order valence-corrected chi connectivity index (χ3v) is 3.94. The SMILES string of the molecule is CCN1CCCOP1(C)=O. The lowest BCUT2D eigenvalue weighted by Crippen LogP contribution is -2.27. The van der Waals surface area contributed by atoms with Crippen LogP contribution in [-0.4, -0.2) is 31.0 Å². The molecule has 60 valence electrons. The van der Waals surface area contributed by atoms with Gasteiger partial charge in [0.05, 0.1) is 6.61 Å². The van der Waals surface area contributed by atoms with Crippen LogP contribution in [0.1, 0.15) is 13.3 Å². The topological polar surface area (TPSA) is 29.5 Å². The molecule has 1 unspecified atom stereocenters. The van der Waals surface area contributed by atoms with E-state index in [0.717, 1.165) is 19.5 Å². The summed E-state index contributed by atoms with van der Waals surface area (Å²) in [5.74, 6) is 0. The van der Waals surface area contributed by atoms with Gasteiger partial charge in [0.15, 0.2) is 0 Å². The Morgan fingerprint density at radius 1 is 1.70 bits per heavy atom. The molecule has 0 aliphatic carbocycles. The number of rotatable bonds is 1. The van der Waals surface area contributed by atoms with Crippen molar-refractivity contribution < 1.29 is 9.09 Å². The molecular weight excluding hydrogens is 149 g/mol. The summed E-state index contributed by atoms with van der Waals surface area (Å²) in [4.78, 5) is 0. The van der Waals surface area contributed by atoms with Gasteiger partial charge in [-0.15, -0.1) is 0 Å². The van der Waals surface area contributed by atoms with Crippen molar-refractivity contribution >= 4 is 7.52 Å². The average molecular weight is 163 g/mol. The second-order valence-corrected chi connectivity index (χ2v) is 4.97. The summed E-state index contributed by atoms with van der Waals surface area (Å²) >= 11 is 0. The van der Waals surface area contributed by atoms with Crippen molar-refractivity contribution in [3.05, 3.63) is 0 Å². The third-order valence-electron chi connectivity index (χ3n) is 1.77. The first kappa shape index (κ1) is 8.25. The molecule has 0 aromatic heterocycles. The monoisotopic (exact) mass is 163 g/mol. The van der Waals surface area contributed by atoms with Crippen LogP contribution in [0.25, 0.3) is 0 Å². The van der Waals surface area contributed by atoms with Crippen LogP contribution < -0.4 is 0 Å². The van der Waals surface area contributed by atoms with E-state index >= 15 is 0 Å². The maximum atomic E-state index is 11.5. The van der Waals surface area contributed by atoms with E-state index in [1.807, 2.05) is 11.6 Å². The summed E-state index contributed by atoms with van der Waals surface area (Å²) in [6.45, 7) is 6.10. The van der Waals surface area contributed by atoms with Crippen LogP contribution in [0.5, 0.6) is 0 Å². The Labute approximate surface area is 61.9 Å². The Morgan fingerprint density at radius 3 is 2.80 bits per heavy atom. The molecule has 0 radical (unpaired) electrons. The van der Waals surface area contributed by atoms with Crippen LogP contribution in [0, 0.1) is 0 Å². The smallest absolute Gasteiger partial charge is 0.269 e. The molecule has 0 saturated carbocycles. The molecule has 10 heavy (non-hydrogen) atoms. The first-order valence-electron chi connectivity index (χ1n) is 3.64. The van der Waals surface area contributed by atoms with Gasteiger partial charge in [-0.2, -0.15) is 0 Å². The van der Waals surface area contributed by atoms with E-state index in [1.165, 1.54) is 0 Å². The van der Waals surface area contributed by atoms with Gasteiger partial charge in [0.2, 0.25) is 0 Å². The third kappa shape index (κ3) is 1.60. The molecule has 0 N–H and O–H groups in total. The van der Waals surface area contributed by atoms with Crippen molar-refractivity contribution in [1.82, 2.24) is 4.67 Å². The number of nitrogens with zero attached hydrogens (tertiary/aromatic N) is 1. The molecule has 0 bridgehead atoms. The summed E-state index contributed by atoms with van der Waals surface area (Å²) in [5.41, 5.74) is 0. The molecule has 0 aromatic rings. The van der Waals surface area contributed by atoms with Gasteiger partial charge in [0.25, 0.3) is 7.52 Å². The van der Waals surface area contributed by atoms with Crippen LogP contribution in [0.3, 0.4) is 0 Å². The summed E-state index contributed by atoms with van der Waals surface area (Å²) in [6.07, 6.45) is 1.01. The Hall–Kier alpha value is 0.150. The normalized spacial score (nSPS) is 36.2. The fourth-order valence-electron chi connectivity index (χ4n) is 1.16. The van der Waals surface area contributed by atoms with Gasteiger partial charge in [-0.1, -0.05) is 6.92 Å². The number of hydrogen-bond acceptors (Lipinski definition) is 2. The van der Waals surface area contributed by atoms with E-state index < -0.39 is 7.52 Å². The first-order chi connectivity index (χ1) is 4.67. The largest absolute Gasteiger partial charge is 0.318 e. The molecule has 3 nitrogen and oxygen atoms in total. The molecule has 0 aromatic carbocycles. The predicted octanol–water partition coefficient (Wildman–Crippen LogP) is 1.55. The highest BCUT2D eigenvalue weighted by molar-refractivity contribution is 7.55. The van der Waals surface area contributed by atoms with Crippen molar-refractivity contribution in [3.8, 4) is 0 Å². The maximum Gasteiger partial charge on any atom is 0.269 e. The molecular formula is C6H14NO2P. The van der Waals surface area contributed by atoms with Gasteiger partial charge in [0, 0.05) is 19.8 Å². The highest BCUT2D eigenvalue weighted by Gasteiger charge is 2.27. The lowest BCUT2D eigenvalue weighted by molar-refractivity contribution is 0.214. The lowest BCUT2D eigenvalue weighted by Gasteiger charge is -2.31. The molecule has 4 heteroatoms. The Bertz CT molecular complexity index is 160. The zero-order chi connectivity index (χ0) is 7.61. The van der Waals surface area contributed by atoms with E-state index in [4.69, 9.17) is 4.52 Å².